The van der Waals surface area contributed by atoms with Crippen molar-refractivity contribution in [3.8, 4) is 0 Å². The molecule has 124 valence electrons. The summed E-state index contributed by atoms with van der Waals surface area (Å²) in [6.07, 6.45) is 2.62. The highest BCUT2D eigenvalue weighted by molar-refractivity contribution is 5.84. The minimum Gasteiger partial charge on any atom is -0.394 e. The highest BCUT2D eigenvalue weighted by atomic mass is 16.3. The van der Waals surface area contributed by atoms with Crippen LogP contribution in [0.3, 0.4) is 0 Å². The third kappa shape index (κ3) is 3.49. The second-order valence-electron chi connectivity index (χ2n) is 6.12. The van der Waals surface area contributed by atoms with Gasteiger partial charge >= 0.3 is 0 Å². The summed E-state index contributed by atoms with van der Waals surface area (Å²) < 4.78 is 0. The molecule has 3 aromatic rings. The molecule has 24 heavy (non-hydrogen) atoms. The van der Waals surface area contributed by atoms with E-state index in [9.17, 15) is 9.90 Å². The molecule has 0 aliphatic rings. The molecular formula is C20H22N2O2. The van der Waals surface area contributed by atoms with Crippen LogP contribution in [0.4, 0.5) is 0 Å². The van der Waals surface area contributed by atoms with E-state index >= 15 is 0 Å². The van der Waals surface area contributed by atoms with E-state index in [1.807, 2.05) is 61.7 Å². The average Bonchev–Trinajstić information content (AvgIpc) is 3.03. The summed E-state index contributed by atoms with van der Waals surface area (Å²) in [6.45, 7) is 1.80. The van der Waals surface area contributed by atoms with Crippen molar-refractivity contribution in [3.05, 3.63) is 71.9 Å². The quantitative estimate of drug-likeness (QED) is 0.652. The van der Waals surface area contributed by atoms with Gasteiger partial charge in [-0.25, -0.2) is 0 Å². The van der Waals surface area contributed by atoms with Gasteiger partial charge in [0.05, 0.1) is 12.6 Å². The molecule has 0 radical (unpaired) electrons. The normalized spacial score (nSPS) is 13.6. The number of amides is 1. The highest BCUT2D eigenvalue weighted by Crippen LogP contribution is 2.21. The Labute approximate surface area is 141 Å². The van der Waals surface area contributed by atoms with Crippen LogP contribution in [0.1, 0.15) is 24.1 Å². The summed E-state index contributed by atoms with van der Waals surface area (Å²) in [5, 5.41) is 13.7. The van der Waals surface area contributed by atoms with Gasteiger partial charge < -0.3 is 15.4 Å². The van der Waals surface area contributed by atoms with Gasteiger partial charge in [0.25, 0.3) is 0 Å². The Kier molecular flexibility index (Phi) is 4.96. The van der Waals surface area contributed by atoms with Crippen molar-refractivity contribution in [2.24, 2.45) is 5.92 Å². The Morgan fingerprint density at radius 3 is 2.58 bits per heavy atom. The van der Waals surface area contributed by atoms with Gasteiger partial charge in [-0.3, -0.25) is 4.79 Å². The van der Waals surface area contributed by atoms with Gasteiger partial charge in [0.1, 0.15) is 0 Å². The molecule has 1 heterocycles. The van der Waals surface area contributed by atoms with E-state index in [1.54, 1.807) is 0 Å². The number of H-pyrrole nitrogens is 1. The highest BCUT2D eigenvalue weighted by Gasteiger charge is 2.19. The van der Waals surface area contributed by atoms with Gasteiger partial charge in [-0.2, -0.15) is 0 Å². The molecule has 2 atom stereocenters. The molecule has 0 aliphatic carbocycles. The number of hydrogen-bond acceptors (Lipinski definition) is 2. The number of aromatic amines is 1. The first-order valence-corrected chi connectivity index (χ1v) is 8.20. The second kappa shape index (κ2) is 7.32. The summed E-state index contributed by atoms with van der Waals surface area (Å²) in [7, 11) is 0. The number of nitrogens with one attached hydrogen (secondary N) is 2. The number of aliphatic hydroxyl groups is 1. The first-order valence-electron chi connectivity index (χ1n) is 8.20. The number of benzene rings is 2. The number of aromatic nitrogens is 1. The summed E-state index contributed by atoms with van der Waals surface area (Å²) in [5.41, 5.74) is 3.12. The molecule has 3 rings (SSSR count). The number of fused-ring (bicyclic) bond motifs is 1. The molecule has 2 aromatic carbocycles. The lowest BCUT2D eigenvalue weighted by Gasteiger charge is -2.19. The Balaban J connectivity index is 1.68. The fraction of sp³-hybridized carbons (Fsp3) is 0.250. The van der Waals surface area contributed by atoms with Crippen molar-refractivity contribution in [1.82, 2.24) is 10.3 Å². The second-order valence-corrected chi connectivity index (χ2v) is 6.12. The fourth-order valence-electron chi connectivity index (χ4n) is 2.96. The molecule has 2 unspecified atom stereocenters. The summed E-state index contributed by atoms with van der Waals surface area (Å²) >= 11 is 0. The van der Waals surface area contributed by atoms with E-state index < -0.39 is 0 Å². The number of rotatable bonds is 6. The van der Waals surface area contributed by atoms with Crippen molar-refractivity contribution in [1.29, 1.82) is 0 Å². The molecule has 1 amide bonds. The molecule has 0 saturated carbocycles. The van der Waals surface area contributed by atoms with Crippen LogP contribution >= 0.6 is 0 Å². The predicted molar refractivity (Wildman–Crippen MR) is 95.6 cm³/mol. The Bertz CT molecular complexity index is 811. The van der Waals surface area contributed by atoms with Gasteiger partial charge in [0.2, 0.25) is 5.91 Å². The molecule has 3 N–H and O–H groups in total. The molecule has 1 aromatic heterocycles. The number of para-hydroxylation sites is 1. The lowest BCUT2D eigenvalue weighted by molar-refractivity contribution is -0.125. The van der Waals surface area contributed by atoms with E-state index in [0.29, 0.717) is 6.42 Å². The monoisotopic (exact) mass is 322 g/mol. The van der Waals surface area contributed by atoms with Crippen LogP contribution in [0, 0.1) is 5.92 Å². The van der Waals surface area contributed by atoms with Gasteiger partial charge in [-0.15, -0.1) is 0 Å². The first kappa shape index (κ1) is 16.3. The molecule has 0 aliphatic heterocycles. The van der Waals surface area contributed by atoms with Crippen LogP contribution in [-0.4, -0.2) is 22.6 Å². The van der Waals surface area contributed by atoms with E-state index in [4.69, 9.17) is 0 Å². The Hall–Kier alpha value is -2.59. The lowest BCUT2D eigenvalue weighted by Crippen LogP contribution is -2.35. The minimum absolute atomic E-state index is 0.0526. The molecule has 0 bridgehead atoms. The molecule has 0 saturated heterocycles. The van der Waals surface area contributed by atoms with Crippen molar-refractivity contribution in [2.75, 3.05) is 6.61 Å². The SMILES string of the molecule is CC(Cc1c[nH]c2ccccc12)C(=O)NC(CO)c1ccccc1. The van der Waals surface area contributed by atoms with E-state index in [2.05, 4.69) is 16.4 Å². The third-order valence-corrected chi connectivity index (χ3v) is 4.35. The number of carbonyl (C=O) groups is 1. The summed E-state index contributed by atoms with van der Waals surface area (Å²) in [6, 6.07) is 17.2. The first-order chi connectivity index (χ1) is 11.7. The van der Waals surface area contributed by atoms with Crippen molar-refractivity contribution < 1.29 is 9.90 Å². The van der Waals surface area contributed by atoms with Crippen molar-refractivity contribution in [2.45, 2.75) is 19.4 Å². The van der Waals surface area contributed by atoms with Gasteiger partial charge in [0.15, 0.2) is 0 Å². The van der Waals surface area contributed by atoms with Gasteiger partial charge in [0, 0.05) is 23.0 Å². The van der Waals surface area contributed by atoms with Crippen LogP contribution < -0.4 is 5.32 Å². The molecule has 0 fully saturated rings. The predicted octanol–water partition coefficient (Wildman–Crippen LogP) is 3.20. The van der Waals surface area contributed by atoms with Crippen LogP contribution in [0.25, 0.3) is 10.9 Å². The smallest absolute Gasteiger partial charge is 0.223 e. The number of aliphatic hydroxyl groups excluding tert-OH is 1. The molecule has 0 spiro atoms. The van der Waals surface area contributed by atoms with E-state index in [0.717, 1.165) is 22.0 Å². The lowest BCUT2D eigenvalue weighted by atomic mass is 9.99. The molecular weight excluding hydrogens is 300 g/mol. The van der Waals surface area contributed by atoms with Gasteiger partial charge in [-0.1, -0.05) is 55.5 Å². The third-order valence-electron chi connectivity index (χ3n) is 4.35. The Morgan fingerprint density at radius 2 is 1.83 bits per heavy atom. The molecule has 4 heteroatoms. The summed E-state index contributed by atoms with van der Waals surface area (Å²) in [4.78, 5) is 15.8. The fourth-order valence-corrected chi connectivity index (χ4v) is 2.96. The minimum atomic E-state index is -0.371. The number of carbonyl (C=O) groups excluding carboxylic acids is 1. The Morgan fingerprint density at radius 1 is 1.12 bits per heavy atom. The summed E-state index contributed by atoms with van der Waals surface area (Å²) in [5.74, 6) is -0.231. The van der Waals surface area contributed by atoms with Crippen LogP contribution in [-0.2, 0) is 11.2 Å². The largest absolute Gasteiger partial charge is 0.394 e. The van der Waals surface area contributed by atoms with E-state index in [1.165, 1.54) is 0 Å². The standard InChI is InChI=1S/C20H22N2O2/c1-14(11-16-12-21-18-10-6-5-9-17(16)18)20(24)22-19(13-23)15-7-3-2-4-8-15/h2-10,12,14,19,21,23H,11,13H2,1H3,(H,22,24). The topological polar surface area (TPSA) is 65.1 Å². The van der Waals surface area contributed by atoms with E-state index in [-0.39, 0.29) is 24.5 Å². The van der Waals surface area contributed by atoms with Crippen molar-refractivity contribution >= 4 is 16.8 Å². The maximum Gasteiger partial charge on any atom is 0.223 e. The zero-order valence-electron chi connectivity index (χ0n) is 13.7. The molecule has 4 nitrogen and oxygen atoms in total. The van der Waals surface area contributed by atoms with Gasteiger partial charge in [-0.05, 0) is 23.6 Å². The van der Waals surface area contributed by atoms with Crippen LogP contribution in [0.5, 0.6) is 0 Å². The maximum absolute atomic E-state index is 12.5. The zero-order chi connectivity index (χ0) is 16.9. The van der Waals surface area contributed by atoms with Crippen LogP contribution in [0.2, 0.25) is 0 Å². The maximum atomic E-state index is 12.5. The zero-order valence-corrected chi connectivity index (χ0v) is 13.7. The number of hydrogen-bond donors (Lipinski definition) is 3. The van der Waals surface area contributed by atoms with Crippen molar-refractivity contribution in [3.63, 3.8) is 0 Å². The van der Waals surface area contributed by atoms with Crippen LogP contribution in [0.15, 0.2) is 60.8 Å². The average molecular weight is 322 g/mol.